The fourth-order valence-corrected chi connectivity index (χ4v) is 6.27. The summed E-state index contributed by atoms with van der Waals surface area (Å²) in [6.07, 6.45) is 2.99. The van der Waals surface area contributed by atoms with Gasteiger partial charge in [-0.2, -0.15) is 0 Å². The van der Waals surface area contributed by atoms with Crippen LogP contribution in [-0.2, 0) is 30.9 Å². The number of rotatable bonds is 3. The van der Waals surface area contributed by atoms with Crippen LogP contribution in [0.25, 0.3) is 55.6 Å². The molecular weight excluding hydrogens is 741 g/mol. The summed E-state index contributed by atoms with van der Waals surface area (Å²) in [5, 5.41) is 2.04. The summed E-state index contributed by atoms with van der Waals surface area (Å²) >= 11 is 0. The molecule has 0 atom stereocenters. The fraction of sp³-hybridized carbons (Fsp3) is 0.190. The molecule has 3 nitrogen and oxygen atoms in total. The number of nitrogens with zero attached hydrogens (tertiary/aromatic N) is 2. The molecule has 3 aromatic heterocycles. The molecule has 0 saturated heterocycles. The molecule has 4 aromatic carbocycles. The summed E-state index contributed by atoms with van der Waals surface area (Å²) in [6, 6.07) is 38.2. The van der Waals surface area contributed by atoms with E-state index in [0.29, 0.717) is 16.8 Å². The van der Waals surface area contributed by atoms with Crippen LogP contribution in [0.1, 0.15) is 58.2 Å². The molecule has 0 N–H and O–H groups in total. The fourth-order valence-electron chi connectivity index (χ4n) is 6.27. The van der Waals surface area contributed by atoms with Crippen LogP contribution in [0, 0.1) is 25.8 Å². The molecule has 0 bridgehead atoms. The minimum absolute atomic E-state index is 0. The molecular formula is C42H36IrN2O-2. The number of aromatic nitrogens is 2. The van der Waals surface area contributed by atoms with Gasteiger partial charge in [0.25, 0.3) is 0 Å². The molecule has 0 unspecified atom stereocenters. The molecule has 0 fully saturated rings. The summed E-state index contributed by atoms with van der Waals surface area (Å²) in [5.74, 6) is 0. The minimum Gasteiger partial charge on any atom is -0.501 e. The van der Waals surface area contributed by atoms with Crippen LogP contribution in [0.4, 0.5) is 0 Å². The Hall–Kier alpha value is -4.37. The van der Waals surface area contributed by atoms with Crippen molar-refractivity contribution in [3.05, 3.63) is 144 Å². The topological polar surface area (TPSA) is 38.9 Å². The van der Waals surface area contributed by atoms with E-state index in [9.17, 15) is 0 Å². The summed E-state index contributed by atoms with van der Waals surface area (Å²) in [6.45, 7) is 3.70. The Morgan fingerprint density at radius 1 is 0.696 bits per heavy atom. The Morgan fingerprint density at radius 2 is 1.48 bits per heavy atom. The Morgan fingerprint density at radius 3 is 2.24 bits per heavy atom. The predicted octanol–water partition coefficient (Wildman–Crippen LogP) is 10.8. The Bertz CT molecular complexity index is 2340. The first-order chi connectivity index (χ1) is 24.1. The van der Waals surface area contributed by atoms with Crippen LogP contribution < -0.4 is 0 Å². The molecule has 231 valence electrons. The number of furan rings is 1. The Labute approximate surface area is 293 Å². The minimum atomic E-state index is -2.60. The van der Waals surface area contributed by atoms with Gasteiger partial charge in [-0.1, -0.05) is 98.8 Å². The molecule has 8 rings (SSSR count). The maximum absolute atomic E-state index is 7.89. The van der Waals surface area contributed by atoms with E-state index in [1.807, 2.05) is 72.9 Å². The maximum atomic E-state index is 7.89. The van der Waals surface area contributed by atoms with Crippen molar-refractivity contribution in [3.8, 4) is 33.6 Å². The van der Waals surface area contributed by atoms with Gasteiger partial charge in [0.2, 0.25) is 0 Å². The molecule has 1 aliphatic rings. The van der Waals surface area contributed by atoms with E-state index in [0.717, 1.165) is 39.4 Å². The van der Waals surface area contributed by atoms with Crippen molar-refractivity contribution in [1.29, 1.82) is 0 Å². The van der Waals surface area contributed by atoms with Crippen molar-refractivity contribution in [2.24, 2.45) is 0 Å². The monoisotopic (exact) mass is 783 g/mol. The van der Waals surface area contributed by atoms with Gasteiger partial charge >= 0.3 is 0 Å². The van der Waals surface area contributed by atoms with Crippen molar-refractivity contribution < 1.29 is 32.7 Å². The van der Waals surface area contributed by atoms with E-state index in [1.54, 1.807) is 0 Å². The van der Waals surface area contributed by atoms with Crippen LogP contribution in [0.3, 0.4) is 0 Å². The van der Waals surface area contributed by atoms with Crippen molar-refractivity contribution in [1.82, 2.24) is 9.97 Å². The number of aryl methyl sites for hydroxylation is 2. The number of hydrogen-bond acceptors (Lipinski definition) is 3. The molecule has 46 heavy (non-hydrogen) atoms. The van der Waals surface area contributed by atoms with Crippen molar-refractivity contribution in [2.45, 2.75) is 52.2 Å². The number of pyridine rings is 2. The summed E-state index contributed by atoms with van der Waals surface area (Å²) < 4.78 is 53.2. The van der Waals surface area contributed by atoms with E-state index in [1.165, 1.54) is 22.8 Å². The quantitative estimate of drug-likeness (QED) is 0.168. The molecule has 1 aliphatic carbocycles. The van der Waals surface area contributed by atoms with Crippen molar-refractivity contribution in [2.75, 3.05) is 0 Å². The normalized spacial score (nSPS) is 16.5. The van der Waals surface area contributed by atoms with Gasteiger partial charge in [-0.3, -0.25) is 0 Å². The molecule has 0 spiro atoms. The van der Waals surface area contributed by atoms with Gasteiger partial charge < -0.3 is 14.4 Å². The third-order valence-corrected chi connectivity index (χ3v) is 9.49. The second kappa shape index (κ2) is 12.1. The van der Waals surface area contributed by atoms with Gasteiger partial charge in [-0.25, -0.2) is 0 Å². The smallest absolute Gasteiger partial charge is 0.121 e. The van der Waals surface area contributed by atoms with E-state index < -0.39 is 13.7 Å². The van der Waals surface area contributed by atoms with Crippen LogP contribution in [-0.4, -0.2) is 9.97 Å². The molecule has 0 saturated carbocycles. The van der Waals surface area contributed by atoms with Crippen molar-refractivity contribution in [3.63, 3.8) is 0 Å². The second-order valence-electron chi connectivity index (χ2n) is 12.5. The van der Waals surface area contributed by atoms with Crippen molar-refractivity contribution >= 4 is 21.9 Å². The third kappa shape index (κ3) is 5.20. The molecule has 0 aliphatic heterocycles. The molecule has 4 heteroatoms. The SMILES string of the molecule is [2H]C([2H])([2H])c1cnc(-c2[c-]cc3c4c2oc2cccc(c24)C(C)(C)C3(C)C)cc1C([2H])([2H])[2H].[Ir].[c-]1ccccc1-c1cc(-c2ccccc2)ccn1. The zero-order chi connectivity index (χ0) is 36.3. The number of hydrogen-bond donors (Lipinski definition) is 0. The van der Waals surface area contributed by atoms with Gasteiger partial charge in [-0.15, -0.1) is 53.6 Å². The van der Waals surface area contributed by atoms with Crippen LogP contribution in [0.15, 0.2) is 114 Å². The van der Waals surface area contributed by atoms with E-state index >= 15 is 0 Å². The first-order valence-electron chi connectivity index (χ1n) is 18.0. The standard InChI is InChI=1S/C25H24NO.C17H12N.Ir/c1-14-12-19(26-13-15(14)2)16-10-11-18-22-21-17(24(3,4)25(18,5)6)8-7-9-20(21)27-23(16)22;1-3-7-14(8-4-1)16-11-12-18-17(13-16)15-9-5-2-6-10-15;/h7-9,11-13H,1-6H3;1-9,11-13H;/q2*-1;/i1D3,2D3;;. The van der Waals surface area contributed by atoms with E-state index in [-0.39, 0.29) is 42.1 Å². The average Bonchev–Trinajstić information content (AvgIpc) is 3.50. The van der Waals surface area contributed by atoms with Gasteiger partial charge in [0.15, 0.2) is 0 Å². The summed E-state index contributed by atoms with van der Waals surface area (Å²) in [7, 11) is 0. The van der Waals surface area contributed by atoms with Gasteiger partial charge in [0.05, 0.1) is 5.58 Å². The largest absolute Gasteiger partial charge is 0.501 e. The van der Waals surface area contributed by atoms with E-state index in [2.05, 4.69) is 74.1 Å². The average molecular weight is 783 g/mol. The number of benzene rings is 4. The van der Waals surface area contributed by atoms with Crippen LogP contribution in [0.2, 0.25) is 0 Å². The Balaban J connectivity index is 0.000000206. The first kappa shape index (κ1) is 24.8. The second-order valence-corrected chi connectivity index (χ2v) is 12.5. The molecule has 0 amide bonds. The van der Waals surface area contributed by atoms with Gasteiger partial charge in [0, 0.05) is 46.1 Å². The first-order valence-corrected chi connectivity index (χ1v) is 15.0. The summed E-state index contributed by atoms with van der Waals surface area (Å²) in [5.41, 5.74) is 7.99. The molecule has 7 aromatic rings. The molecule has 3 heterocycles. The predicted molar refractivity (Wildman–Crippen MR) is 185 cm³/mol. The Kier molecular flexibility index (Phi) is 6.52. The zero-order valence-corrected chi connectivity index (χ0v) is 28.4. The van der Waals surface area contributed by atoms with Gasteiger partial charge in [-0.05, 0) is 70.3 Å². The summed E-state index contributed by atoms with van der Waals surface area (Å²) in [4.78, 5) is 8.75. The molecule has 1 radical (unpaired) electrons. The van der Waals surface area contributed by atoms with Crippen LogP contribution in [0.5, 0.6) is 0 Å². The third-order valence-electron chi connectivity index (χ3n) is 9.49. The van der Waals surface area contributed by atoms with E-state index in [4.69, 9.17) is 12.6 Å². The van der Waals surface area contributed by atoms with Crippen LogP contribution >= 0.6 is 0 Å². The zero-order valence-electron chi connectivity index (χ0n) is 32.0. The maximum Gasteiger partial charge on any atom is 0.121 e. The van der Waals surface area contributed by atoms with Gasteiger partial charge in [0.1, 0.15) is 5.58 Å².